The van der Waals surface area contributed by atoms with Crippen LogP contribution in [0.1, 0.15) is 6.42 Å². The number of aliphatic hydroxyl groups is 1. The van der Waals surface area contributed by atoms with E-state index in [0.717, 1.165) is 4.31 Å². The van der Waals surface area contributed by atoms with Gasteiger partial charge in [-0.3, -0.25) is 19.3 Å². The van der Waals surface area contributed by atoms with Gasteiger partial charge in [0, 0.05) is 18.0 Å². The first kappa shape index (κ1) is 23.2. The number of amides is 2. The number of fused-ring (bicyclic) bond motifs is 1. The molecule has 4 rings (SSSR count). The van der Waals surface area contributed by atoms with Crippen LogP contribution < -0.4 is 10.2 Å². The molecular formula is C21H20ClN3O7S. The second-order valence-electron chi connectivity index (χ2n) is 7.59. The highest BCUT2D eigenvalue weighted by molar-refractivity contribution is 7.89. The molecule has 2 aliphatic heterocycles. The Labute approximate surface area is 194 Å². The molecule has 0 bridgehead atoms. The van der Waals surface area contributed by atoms with Gasteiger partial charge in [0.1, 0.15) is 12.6 Å². The number of nitrogens with zero attached hydrogens (tertiary/aromatic N) is 2. The van der Waals surface area contributed by atoms with Crippen molar-refractivity contribution in [2.24, 2.45) is 0 Å². The fraction of sp³-hybridized carbons (Fsp3) is 0.286. The van der Waals surface area contributed by atoms with Gasteiger partial charge in [0.2, 0.25) is 15.9 Å². The molecule has 1 unspecified atom stereocenters. The average molecular weight is 494 g/mol. The molecule has 0 aliphatic carbocycles. The molecule has 10 nitrogen and oxygen atoms in total. The van der Waals surface area contributed by atoms with Gasteiger partial charge in [-0.1, -0.05) is 23.7 Å². The zero-order chi connectivity index (χ0) is 23.8. The maximum Gasteiger partial charge on any atom is 0.325 e. The van der Waals surface area contributed by atoms with Crippen LogP contribution in [0.5, 0.6) is 0 Å². The molecule has 0 spiro atoms. The number of β-amino-alcohol motifs (C(OH)–C–C–N with tert-alkyl or cyclic N) is 1. The molecule has 1 fully saturated rings. The van der Waals surface area contributed by atoms with Crippen LogP contribution in [0, 0.1) is 0 Å². The van der Waals surface area contributed by atoms with Crippen LogP contribution in [0.25, 0.3) is 0 Å². The number of hydrogen-bond acceptors (Lipinski definition) is 7. The smallest absolute Gasteiger partial charge is 0.325 e. The number of hydrogen-bond donors (Lipinski definition) is 2. The van der Waals surface area contributed by atoms with Crippen LogP contribution in [0.2, 0.25) is 5.02 Å². The summed E-state index contributed by atoms with van der Waals surface area (Å²) in [6.45, 7) is -1.23. The predicted molar refractivity (Wildman–Crippen MR) is 118 cm³/mol. The molecule has 2 aromatic carbocycles. The summed E-state index contributed by atoms with van der Waals surface area (Å²) in [5, 5.41) is 13.0. The van der Waals surface area contributed by atoms with Crippen molar-refractivity contribution in [1.29, 1.82) is 0 Å². The summed E-state index contributed by atoms with van der Waals surface area (Å²) in [4.78, 5) is 38.4. The third kappa shape index (κ3) is 4.71. The summed E-state index contributed by atoms with van der Waals surface area (Å²) in [5.74, 6) is -2.00. The maximum absolute atomic E-state index is 13.0. The highest BCUT2D eigenvalue weighted by Crippen LogP contribution is 2.30. The Hall–Kier alpha value is -2.99. The molecule has 0 radical (unpaired) electrons. The Balaban J connectivity index is 1.47. The van der Waals surface area contributed by atoms with Crippen LogP contribution in [0.15, 0.2) is 53.4 Å². The van der Waals surface area contributed by atoms with E-state index in [2.05, 4.69) is 5.32 Å². The Morgan fingerprint density at radius 2 is 1.85 bits per heavy atom. The van der Waals surface area contributed by atoms with Crippen LogP contribution in [-0.4, -0.2) is 67.5 Å². The minimum Gasteiger partial charge on any atom is -0.454 e. The van der Waals surface area contributed by atoms with E-state index in [1.807, 2.05) is 0 Å². The Kier molecular flexibility index (Phi) is 6.39. The number of rotatable bonds is 5. The fourth-order valence-electron chi connectivity index (χ4n) is 3.77. The number of carbonyl (C=O) groups is 3. The largest absolute Gasteiger partial charge is 0.454 e. The van der Waals surface area contributed by atoms with Crippen molar-refractivity contribution < 1.29 is 32.6 Å². The second-order valence-corrected chi connectivity index (χ2v) is 9.91. The lowest BCUT2D eigenvalue weighted by molar-refractivity contribution is -0.151. The van der Waals surface area contributed by atoms with E-state index in [1.165, 1.54) is 29.2 Å². The summed E-state index contributed by atoms with van der Waals surface area (Å²) in [5.41, 5.74) is 0.911. The lowest BCUT2D eigenvalue weighted by atomic mass is 10.2. The van der Waals surface area contributed by atoms with Gasteiger partial charge in [-0.15, -0.1) is 0 Å². The molecule has 0 aromatic heterocycles. The van der Waals surface area contributed by atoms with E-state index in [9.17, 15) is 27.9 Å². The number of benzene rings is 2. The van der Waals surface area contributed by atoms with E-state index in [-0.39, 0.29) is 24.4 Å². The van der Waals surface area contributed by atoms with Crippen molar-refractivity contribution in [3.63, 3.8) is 0 Å². The number of nitrogens with one attached hydrogen (secondary N) is 1. The number of sulfonamides is 1. The molecule has 1 saturated heterocycles. The van der Waals surface area contributed by atoms with Crippen LogP contribution in [0.3, 0.4) is 0 Å². The lowest BCUT2D eigenvalue weighted by Gasteiger charge is -2.29. The number of para-hydroxylation sites is 2. The van der Waals surface area contributed by atoms with Crippen molar-refractivity contribution in [1.82, 2.24) is 4.31 Å². The molecular weight excluding hydrogens is 474 g/mol. The molecule has 12 heteroatoms. The highest BCUT2D eigenvalue weighted by Gasteiger charge is 2.44. The van der Waals surface area contributed by atoms with Gasteiger partial charge < -0.3 is 15.2 Å². The van der Waals surface area contributed by atoms with Gasteiger partial charge in [-0.05, 0) is 36.4 Å². The first-order valence-corrected chi connectivity index (χ1v) is 11.8. The number of carbonyl (C=O) groups excluding carboxylic acids is 3. The molecule has 2 N–H and O–H groups in total. The minimum absolute atomic E-state index is 0.0918. The third-order valence-electron chi connectivity index (χ3n) is 5.34. The molecule has 33 heavy (non-hydrogen) atoms. The van der Waals surface area contributed by atoms with Gasteiger partial charge in [-0.25, -0.2) is 8.42 Å². The number of ether oxygens (including phenoxy) is 1. The second kappa shape index (κ2) is 9.10. The molecule has 2 atom stereocenters. The molecule has 174 valence electrons. The van der Waals surface area contributed by atoms with Crippen molar-refractivity contribution >= 4 is 50.8 Å². The molecule has 2 aromatic rings. The summed E-state index contributed by atoms with van der Waals surface area (Å²) in [6.07, 6.45) is -1.24. The minimum atomic E-state index is -4.12. The standard InChI is InChI=1S/C21H20ClN3O7S/c22-13-5-7-15(8-6-13)33(30,31)25-10-14(26)9-18(25)21(29)32-12-20(28)24-11-19(27)23-16-3-1-2-4-17(16)24/h1-8,14,18,26H,9-12H2,(H,23,27)/t14?,18-/m0/s1. The van der Waals surface area contributed by atoms with Gasteiger partial charge >= 0.3 is 5.97 Å². The van der Waals surface area contributed by atoms with Crippen molar-refractivity contribution in [3.8, 4) is 0 Å². The van der Waals surface area contributed by atoms with Crippen molar-refractivity contribution in [2.75, 3.05) is 29.9 Å². The summed E-state index contributed by atoms with van der Waals surface area (Å²) >= 11 is 5.82. The van der Waals surface area contributed by atoms with Crippen molar-refractivity contribution in [3.05, 3.63) is 53.6 Å². The Morgan fingerprint density at radius 3 is 2.58 bits per heavy atom. The van der Waals surface area contributed by atoms with E-state index in [1.54, 1.807) is 24.3 Å². The highest BCUT2D eigenvalue weighted by atomic mass is 35.5. The molecule has 2 aliphatic rings. The zero-order valence-corrected chi connectivity index (χ0v) is 18.8. The third-order valence-corrected chi connectivity index (χ3v) is 7.48. The summed E-state index contributed by atoms with van der Waals surface area (Å²) in [7, 11) is -4.12. The number of esters is 1. The molecule has 0 saturated carbocycles. The maximum atomic E-state index is 13.0. The number of anilines is 2. The average Bonchev–Trinajstić information content (AvgIpc) is 3.19. The summed E-state index contributed by atoms with van der Waals surface area (Å²) < 4.78 is 32.0. The van der Waals surface area contributed by atoms with Gasteiger partial charge in [0.05, 0.1) is 22.4 Å². The van der Waals surface area contributed by atoms with E-state index < -0.39 is 46.6 Å². The summed E-state index contributed by atoms with van der Waals surface area (Å²) in [6, 6.07) is 10.8. The van der Waals surface area contributed by atoms with Gasteiger partial charge in [0.25, 0.3) is 5.91 Å². The van der Waals surface area contributed by atoms with E-state index in [0.29, 0.717) is 16.4 Å². The van der Waals surface area contributed by atoms with Crippen molar-refractivity contribution in [2.45, 2.75) is 23.5 Å². The van der Waals surface area contributed by atoms with Crippen LogP contribution >= 0.6 is 11.6 Å². The van der Waals surface area contributed by atoms with Gasteiger partial charge in [0.15, 0.2) is 6.61 Å². The van der Waals surface area contributed by atoms with Gasteiger partial charge in [-0.2, -0.15) is 4.31 Å². The fourth-order valence-corrected chi connectivity index (χ4v) is 5.52. The van der Waals surface area contributed by atoms with Crippen LogP contribution in [0.4, 0.5) is 11.4 Å². The normalized spacial score (nSPS) is 20.8. The molecule has 2 amide bonds. The quantitative estimate of drug-likeness (QED) is 0.593. The topological polar surface area (TPSA) is 133 Å². The lowest BCUT2D eigenvalue weighted by Crippen LogP contribution is -2.45. The number of aliphatic hydroxyl groups excluding tert-OH is 1. The first-order chi connectivity index (χ1) is 15.7. The van der Waals surface area contributed by atoms with Crippen LogP contribution in [-0.2, 0) is 29.1 Å². The van der Waals surface area contributed by atoms with E-state index in [4.69, 9.17) is 16.3 Å². The number of halogens is 1. The SMILES string of the molecule is O=C1CN(C(=O)COC(=O)[C@@H]2CC(O)CN2S(=O)(=O)c2ccc(Cl)cc2)c2ccccc2N1. The molecule has 2 heterocycles. The first-order valence-electron chi connectivity index (χ1n) is 9.98. The zero-order valence-electron chi connectivity index (χ0n) is 17.2. The predicted octanol–water partition coefficient (Wildman–Crippen LogP) is 0.992. The monoisotopic (exact) mass is 493 g/mol. The Morgan fingerprint density at radius 1 is 1.15 bits per heavy atom. The van der Waals surface area contributed by atoms with E-state index >= 15 is 0 Å². The Bertz CT molecular complexity index is 1200.